The molecule has 1 aliphatic rings. The summed E-state index contributed by atoms with van der Waals surface area (Å²) < 4.78 is 0. The van der Waals surface area contributed by atoms with Crippen LogP contribution in [0.5, 0.6) is 0 Å². The highest BCUT2D eigenvalue weighted by molar-refractivity contribution is 5.22. The van der Waals surface area contributed by atoms with E-state index in [1.54, 1.807) is 11.1 Å². The fraction of sp³-hybridized carbons (Fsp3) is 0.800. The summed E-state index contributed by atoms with van der Waals surface area (Å²) in [5, 5.41) is 0. The quantitative estimate of drug-likeness (QED) is 0.545. The van der Waals surface area contributed by atoms with Crippen LogP contribution in [-0.4, -0.2) is 6.54 Å². The van der Waals surface area contributed by atoms with Crippen molar-refractivity contribution in [2.45, 2.75) is 86.0 Å². The lowest BCUT2D eigenvalue weighted by Crippen LogP contribution is -2.20. The Labute approximate surface area is 133 Å². The largest absolute Gasteiger partial charge is 0.327 e. The van der Waals surface area contributed by atoms with Crippen LogP contribution >= 0.6 is 0 Å². The zero-order valence-corrected chi connectivity index (χ0v) is 15.1. The third-order valence-electron chi connectivity index (χ3n) is 5.31. The molecule has 0 aromatic heterocycles. The Morgan fingerprint density at radius 2 is 2.05 bits per heavy atom. The molecule has 21 heavy (non-hydrogen) atoms. The Morgan fingerprint density at radius 3 is 2.67 bits per heavy atom. The van der Waals surface area contributed by atoms with Gasteiger partial charge in [-0.15, -0.1) is 0 Å². The molecule has 0 fully saturated rings. The fourth-order valence-corrected chi connectivity index (χ4v) is 3.79. The molecular formula is C20H37N. The maximum Gasteiger partial charge on any atom is 0.0109 e. The molecule has 122 valence electrons. The van der Waals surface area contributed by atoms with Crippen LogP contribution in [-0.2, 0) is 0 Å². The highest BCUT2D eigenvalue weighted by atomic mass is 14.5. The topological polar surface area (TPSA) is 26.0 Å². The first kappa shape index (κ1) is 18.5. The maximum atomic E-state index is 5.55. The smallest absolute Gasteiger partial charge is 0.0109 e. The molecule has 1 atom stereocenters. The van der Waals surface area contributed by atoms with Crippen molar-refractivity contribution in [1.82, 2.24) is 0 Å². The van der Waals surface area contributed by atoms with Crippen molar-refractivity contribution in [2.24, 2.45) is 17.1 Å². The molecule has 0 bridgehead atoms. The molecule has 0 aliphatic heterocycles. The van der Waals surface area contributed by atoms with Crippen molar-refractivity contribution >= 4 is 0 Å². The molecule has 1 aliphatic carbocycles. The third-order valence-corrected chi connectivity index (χ3v) is 5.31. The maximum absolute atomic E-state index is 5.55. The van der Waals surface area contributed by atoms with Gasteiger partial charge in [-0.3, -0.25) is 0 Å². The van der Waals surface area contributed by atoms with Crippen molar-refractivity contribution in [1.29, 1.82) is 0 Å². The Morgan fingerprint density at radius 1 is 1.33 bits per heavy atom. The molecule has 2 N–H and O–H groups in total. The van der Waals surface area contributed by atoms with E-state index in [1.165, 1.54) is 56.9 Å². The van der Waals surface area contributed by atoms with Crippen LogP contribution in [0, 0.1) is 11.3 Å². The van der Waals surface area contributed by atoms with Gasteiger partial charge >= 0.3 is 0 Å². The zero-order chi connectivity index (χ0) is 15.9. The predicted molar refractivity (Wildman–Crippen MR) is 95.4 cm³/mol. The number of hydrogen-bond acceptors (Lipinski definition) is 1. The minimum absolute atomic E-state index is 0.447. The summed E-state index contributed by atoms with van der Waals surface area (Å²) in [6.07, 6.45) is 12.8. The van der Waals surface area contributed by atoms with E-state index in [4.69, 9.17) is 5.73 Å². The average molecular weight is 292 g/mol. The summed E-state index contributed by atoms with van der Waals surface area (Å²) in [5.41, 5.74) is 10.9. The summed E-state index contributed by atoms with van der Waals surface area (Å²) in [5.74, 6) is 0.841. The van der Waals surface area contributed by atoms with Gasteiger partial charge in [-0.05, 0) is 70.1 Å². The molecule has 0 spiro atoms. The Bertz CT molecular complexity index is 373. The van der Waals surface area contributed by atoms with Gasteiger partial charge in [0, 0.05) is 6.54 Å². The predicted octanol–water partition coefficient (Wildman–Crippen LogP) is 6.00. The van der Waals surface area contributed by atoms with E-state index in [1.807, 2.05) is 0 Å². The molecule has 1 rings (SSSR count). The first-order valence-electron chi connectivity index (χ1n) is 8.91. The summed E-state index contributed by atoms with van der Waals surface area (Å²) >= 11 is 0. The van der Waals surface area contributed by atoms with E-state index in [0.717, 1.165) is 5.92 Å². The SMILES string of the molecule is CC1=C(CCC(C)CCC/C(C)=C/CN)C(C)(C)CCC1. The lowest BCUT2D eigenvalue weighted by atomic mass is 9.70. The molecular weight excluding hydrogens is 254 g/mol. The molecule has 0 saturated carbocycles. The summed E-state index contributed by atoms with van der Waals surface area (Å²) in [4.78, 5) is 0. The van der Waals surface area contributed by atoms with Gasteiger partial charge in [0.05, 0.1) is 0 Å². The summed E-state index contributed by atoms with van der Waals surface area (Å²) in [7, 11) is 0. The molecule has 0 heterocycles. The second kappa shape index (κ2) is 8.78. The Balaban J connectivity index is 2.36. The molecule has 1 unspecified atom stereocenters. The Kier molecular flexibility index (Phi) is 7.73. The van der Waals surface area contributed by atoms with Crippen molar-refractivity contribution in [2.75, 3.05) is 6.54 Å². The number of allylic oxidation sites excluding steroid dienone is 3. The highest BCUT2D eigenvalue weighted by Gasteiger charge is 2.27. The molecule has 1 nitrogen and oxygen atoms in total. The van der Waals surface area contributed by atoms with Crippen molar-refractivity contribution in [3.05, 3.63) is 22.8 Å². The third kappa shape index (κ3) is 6.38. The van der Waals surface area contributed by atoms with Crippen LogP contribution < -0.4 is 5.73 Å². The van der Waals surface area contributed by atoms with Crippen LogP contribution in [0.3, 0.4) is 0 Å². The lowest BCUT2D eigenvalue weighted by Gasteiger charge is -2.35. The molecule has 0 aromatic carbocycles. The van der Waals surface area contributed by atoms with Crippen molar-refractivity contribution in [3.63, 3.8) is 0 Å². The lowest BCUT2D eigenvalue weighted by molar-refractivity contribution is 0.341. The van der Waals surface area contributed by atoms with Gasteiger partial charge in [0.1, 0.15) is 0 Å². The Hall–Kier alpha value is -0.560. The second-order valence-corrected chi connectivity index (χ2v) is 7.82. The zero-order valence-electron chi connectivity index (χ0n) is 15.1. The second-order valence-electron chi connectivity index (χ2n) is 7.82. The van der Waals surface area contributed by atoms with Gasteiger partial charge in [-0.1, -0.05) is 50.0 Å². The molecule has 0 radical (unpaired) electrons. The van der Waals surface area contributed by atoms with E-state index in [2.05, 4.69) is 40.7 Å². The van der Waals surface area contributed by atoms with Gasteiger partial charge in [0.15, 0.2) is 0 Å². The minimum Gasteiger partial charge on any atom is -0.327 e. The standard InChI is InChI=1S/C20H37N/c1-16(8-6-9-17(2)13-15-21)11-12-19-18(3)10-7-14-20(19,4)5/h13,16H,6-12,14-15,21H2,1-5H3/b17-13+. The van der Waals surface area contributed by atoms with Crippen LogP contribution in [0.4, 0.5) is 0 Å². The van der Waals surface area contributed by atoms with E-state index < -0.39 is 0 Å². The fourth-order valence-electron chi connectivity index (χ4n) is 3.79. The van der Waals surface area contributed by atoms with Crippen molar-refractivity contribution in [3.8, 4) is 0 Å². The minimum atomic E-state index is 0.447. The first-order chi connectivity index (χ1) is 9.86. The summed E-state index contributed by atoms with van der Waals surface area (Å²) in [6, 6.07) is 0. The van der Waals surface area contributed by atoms with Crippen LogP contribution in [0.2, 0.25) is 0 Å². The number of nitrogens with two attached hydrogens (primary N) is 1. The van der Waals surface area contributed by atoms with Crippen LogP contribution in [0.15, 0.2) is 22.8 Å². The van der Waals surface area contributed by atoms with Crippen LogP contribution in [0.25, 0.3) is 0 Å². The molecule has 1 heteroatoms. The monoisotopic (exact) mass is 291 g/mol. The average Bonchev–Trinajstić information content (AvgIpc) is 2.37. The summed E-state index contributed by atoms with van der Waals surface area (Å²) in [6.45, 7) is 12.6. The highest BCUT2D eigenvalue weighted by Crippen LogP contribution is 2.42. The van der Waals surface area contributed by atoms with Gasteiger partial charge in [0.2, 0.25) is 0 Å². The van der Waals surface area contributed by atoms with Crippen LogP contribution in [0.1, 0.15) is 86.0 Å². The van der Waals surface area contributed by atoms with Crippen molar-refractivity contribution < 1.29 is 0 Å². The van der Waals surface area contributed by atoms with Gasteiger partial charge < -0.3 is 5.73 Å². The first-order valence-corrected chi connectivity index (χ1v) is 8.91. The molecule has 0 amide bonds. The van der Waals surface area contributed by atoms with Gasteiger partial charge in [-0.25, -0.2) is 0 Å². The van der Waals surface area contributed by atoms with E-state index >= 15 is 0 Å². The van der Waals surface area contributed by atoms with E-state index in [9.17, 15) is 0 Å². The van der Waals surface area contributed by atoms with E-state index in [0.29, 0.717) is 12.0 Å². The van der Waals surface area contributed by atoms with E-state index in [-0.39, 0.29) is 0 Å². The van der Waals surface area contributed by atoms with Gasteiger partial charge in [-0.2, -0.15) is 0 Å². The van der Waals surface area contributed by atoms with Gasteiger partial charge in [0.25, 0.3) is 0 Å². The molecule has 0 aromatic rings. The normalized spacial score (nSPS) is 20.8. The molecule has 0 saturated heterocycles. The number of hydrogen-bond donors (Lipinski definition) is 1. The number of rotatable bonds is 8.